The van der Waals surface area contributed by atoms with Gasteiger partial charge in [0.15, 0.2) is 0 Å². The lowest BCUT2D eigenvalue weighted by atomic mass is 10.1. The maximum atomic E-state index is 11.8. The minimum absolute atomic E-state index is 0.182. The third kappa shape index (κ3) is 6.14. The highest BCUT2D eigenvalue weighted by atomic mass is 16.5. The van der Waals surface area contributed by atoms with Crippen molar-refractivity contribution in [3.05, 3.63) is 29.3 Å². The summed E-state index contributed by atoms with van der Waals surface area (Å²) in [5.41, 5.74) is 2.95. The molecule has 1 atom stereocenters. The lowest BCUT2D eigenvalue weighted by molar-refractivity contribution is 0.0339. The summed E-state index contributed by atoms with van der Waals surface area (Å²) in [5, 5.41) is 15.1. The number of benzene rings is 1. The second-order valence-corrected chi connectivity index (χ2v) is 5.85. The third-order valence-corrected chi connectivity index (χ3v) is 3.34. The van der Waals surface area contributed by atoms with Gasteiger partial charge in [0.2, 0.25) is 0 Å². The Kier molecular flexibility index (Phi) is 5.59. The van der Waals surface area contributed by atoms with E-state index in [9.17, 15) is 9.90 Å². The number of anilines is 1. The lowest BCUT2D eigenvalue weighted by Crippen LogP contribution is -2.37. The van der Waals surface area contributed by atoms with Gasteiger partial charge in [-0.2, -0.15) is 0 Å². The molecule has 0 spiro atoms. The summed E-state index contributed by atoms with van der Waals surface area (Å²) in [7, 11) is 0. The van der Waals surface area contributed by atoms with E-state index in [2.05, 4.69) is 10.6 Å². The molecule has 21 heavy (non-hydrogen) atoms. The zero-order chi connectivity index (χ0) is 15.2. The van der Waals surface area contributed by atoms with Gasteiger partial charge in [0, 0.05) is 18.8 Å². The molecule has 0 aromatic heterocycles. The Morgan fingerprint density at radius 3 is 2.62 bits per heavy atom. The molecule has 116 valence electrons. The molecule has 5 heteroatoms. The van der Waals surface area contributed by atoms with E-state index in [0.29, 0.717) is 12.5 Å². The fourth-order valence-electron chi connectivity index (χ4n) is 2.15. The van der Waals surface area contributed by atoms with Gasteiger partial charge in [-0.3, -0.25) is 0 Å². The van der Waals surface area contributed by atoms with Gasteiger partial charge >= 0.3 is 6.03 Å². The highest BCUT2D eigenvalue weighted by molar-refractivity contribution is 5.89. The van der Waals surface area contributed by atoms with E-state index in [1.807, 2.05) is 32.0 Å². The second-order valence-electron chi connectivity index (χ2n) is 5.85. The van der Waals surface area contributed by atoms with E-state index in [1.54, 1.807) is 0 Å². The molecule has 1 fully saturated rings. The Labute approximate surface area is 125 Å². The molecule has 0 heterocycles. The van der Waals surface area contributed by atoms with Gasteiger partial charge in [-0.25, -0.2) is 4.79 Å². The third-order valence-electron chi connectivity index (χ3n) is 3.34. The molecule has 1 unspecified atom stereocenters. The summed E-state index contributed by atoms with van der Waals surface area (Å²) >= 11 is 0. The van der Waals surface area contributed by atoms with Crippen LogP contribution in [0.2, 0.25) is 0 Å². The normalized spacial score (nSPS) is 15.6. The molecule has 1 aromatic carbocycles. The Morgan fingerprint density at radius 2 is 2.00 bits per heavy atom. The van der Waals surface area contributed by atoms with Crippen molar-refractivity contribution < 1.29 is 14.6 Å². The molecule has 0 aliphatic heterocycles. The van der Waals surface area contributed by atoms with Crippen LogP contribution in [0.1, 0.15) is 24.0 Å². The van der Waals surface area contributed by atoms with Crippen LogP contribution >= 0.6 is 0 Å². The van der Waals surface area contributed by atoms with Gasteiger partial charge in [-0.15, -0.1) is 0 Å². The first-order chi connectivity index (χ1) is 10.0. The summed E-state index contributed by atoms with van der Waals surface area (Å²) in [4.78, 5) is 11.8. The van der Waals surface area contributed by atoms with Gasteiger partial charge in [-0.05, 0) is 55.9 Å². The van der Waals surface area contributed by atoms with E-state index < -0.39 is 6.10 Å². The number of aliphatic hydroxyl groups is 1. The number of ether oxygens (including phenoxy) is 1. The average molecular weight is 292 g/mol. The number of carbonyl (C=O) groups excluding carboxylic acids is 1. The predicted molar refractivity (Wildman–Crippen MR) is 82.5 cm³/mol. The van der Waals surface area contributed by atoms with E-state index in [1.165, 1.54) is 12.8 Å². The SMILES string of the molecule is Cc1cc(C)cc(NC(=O)NCC(O)COCC2CC2)c1. The molecule has 0 saturated heterocycles. The zero-order valence-corrected chi connectivity index (χ0v) is 12.7. The van der Waals surface area contributed by atoms with Crippen LogP contribution in [-0.4, -0.2) is 37.0 Å². The monoisotopic (exact) mass is 292 g/mol. The van der Waals surface area contributed by atoms with Crippen molar-refractivity contribution >= 4 is 11.7 Å². The van der Waals surface area contributed by atoms with Crippen LogP contribution in [0.4, 0.5) is 10.5 Å². The first-order valence-electron chi connectivity index (χ1n) is 7.42. The second kappa shape index (κ2) is 7.43. The Morgan fingerprint density at radius 1 is 1.33 bits per heavy atom. The maximum Gasteiger partial charge on any atom is 0.319 e. The van der Waals surface area contributed by atoms with Gasteiger partial charge < -0.3 is 20.5 Å². The largest absolute Gasteiger partial charge is 0.389 e. The molecule has 1 saturated carbocycles. The van der Waals surface area contributed by atoms with Crippen LogP contribution in [0.25, 0.3) is 0 Å². The average Bonchev–Trinajstić information content (AvgIpc) is 3.19. The molecular weight excluding hydrogens is 268 g/mol. The number of aryl methyl sites for hydroxylation is 2. The van der Waals surface area contributed by atoms with E-state index in [-0.39, 0.29) is 19.2 Å². The van der Waals surface area contributed by atoms with Crippen molar-refractivity contribution in [3.8, 4) is 0 Å². The molecule has 1 aromatic rings. The van der Waals surface area contributed by atoms with Crippen LogP contribution in [0, 0.1) is 19.8 Å². The van der Waals surface area contributed by atoms with Gasteiger partial charge in [0.25, 0.3) is 0 Å². The summed E-state index contributed by atoms with van der Waals surface area (Å²) < 4.78 is 5.38. The highest BCUT2D eigenvalue weighted by Crippen LogP contribution is 2.28. The van der Waals surface area contributed by atoms with Crippen molar-refractivity contribution in [3.63, 3.8) is 0 Å². The number of rotatable bonds is 7. The quantitative estimate of drug-likeness (QED) is 0.721. The minimum atomic E-state index is -0.672. The molecule has 2 rings (SSSR count). The van der Waals surface area contributed by atoms with Crippen LogP contribution in [0.5, 0.6) is 0 Å². The number of hydrogen-bond donors (Lipinski definition) is 3. The molecule has 0 bridgehead atoms. The fraction of sp³-hybridized carbons (Fsp3) is 0.562. The number of amides is 2. The summed E-state index contributed by atoms with van der Waals surface area (Å²) in [5.74, 6) is 0.679. The number of aliphatic hydroxyl groups excluding tert-OH is 1. The predicted octanol–water partition coefficient (Wildman–Crippen LogP) is 2.21. The number of carbonyl (C=O) groups is 1. The summed E-state index contributed by atoms with van der Waals surface area (Å²) in [6, 6.07) is 5.54. The van der Waals surface area contributed by atoms with Crippen LogP contribution in [0.15, 0.2) is 18.2 Å². The lowest BCUT2D eigenvalue weighted by Gasteiger charge is -2.13. The van der Waals surface area contributed by atoms with Crippen molar-refractivity contribution in [2.24, 2.45) is 5.92 Å². The minimum Gasteiger partial charge on any atom is -0.389 e. The maximum absolute atomic E-state index is 11.8. The summed E-state index contributed by atoms with van der Waals surface area (Å²) in [6.07, 6.45) is 1.79. The molecule has 0 radical (unpaired) electrons. The molecule has 3 N–H and O–H groups in total. The van der Waals surface area contributed by atoms with Crippen molar-refractivity contribution in [2.75, 3.05) is 25.1 Å². The van der Waals surface area contributed by atoms with Crippen LogP contribution < -0.4 is 10.6 Å². The van der Waals surface area contributed by atoms with Crippen molar-refractivity contribution in [1.29, 1.82) is 0 Å². The molecule has 2 amide bonds. The highest BCUT2D eigenvalue weighted by Gasteiger charge is 2.21. The number of hydrogen-bond acceptors (Lipinski definition) is 3. The van der Waals surface area contributed by atoms with Crippen LogP contribution in [0.3, 0.4) is 0 Å². The Hall–Kier alpha value is -1.59. The standard InChI is InChI=1S/C16H24N2O3/c1-11-5-12(2)7-14(6-11)18-16(20)17-8-15(19)10-21-9-13-3-4-13/h5-7,13,15,19H,3-4,8-10H2,1-2H3,(H2,17,18,20). The topological polar surface area (TPSA) is 70.6 Å². The smallest absolute Gasteiger partial charge is 0.319 e. The van der Waals surface area contributed by atoms with Gasteiger partial charge in [0.05, 0.1) is 12.7 Å². The molecule has 1 aliphatic rings. The number of nitrogens with one attached hydrogen (secondary N) is 2. The van der Waals surface area contributed by atoms with Crippen LogP contribution in [-0.2, 0) is 4.74 Å². The first-order valence-corrected chi connectivity index (χ1v) is 7.42. The van der Waals surface area contributed by atoms with E-state index in [0.717, 1.165) is 16.8 Å². The molecule has 5 nitrogen and oxygen atoms in total. The Balaban J connectivity index is 1.66. The molecular formula is C16H24N2O3. The zero-order valence-electron chi connectivity index (χ0n) is 12.7. The fourth-order valence-corrected chi connectivity index (χ4v) is 2.15. The van der Waals surface area contributed by atoms with E-state index >= 15 is 0 Å². The van der Waals surface area contributed by atoms with Gasteiger partial charge in [-0.1, -0.05) is 6.07 Å². The van der Waals surface area contributed by atoms with Crippen molar-refractivity contribution in [1.82, 2.24) is 5.32 Å². The first kappa shape index (κ1) is 15.8. The van der Waals surface area contributed by atoms with Gasteiger partial charge in [0.1, 0.15) is 0 Å². The molecule has 1 aliphatic carbocycles. The summed E-state index contributed by atoms with van der Waals surface area (Å²) in [6.45, 7) is 5.13. The van der Waals surface area contributed by atoms with E-state index in [4.69, 9.17) is 4.74 Å². The Bertz CT molecular complexity index is 466. The van der Waals surface area contributed by atoms with Crippen molar-refractivity contribution in [2.45, 2.75) is 32.8 Å². The number of urea groups is 1.